The molecule has 0 aliphatic rings. The number of rotatable bonds is 3. The Balaban J connectivity index is 2.55. The first kappa shape index (κ1) is 14.7. The number of nitrogens with one attached hydrogen (secondary N) is 1. The summed E-state index contributed by atoms with van der Waals surface area (Å²) >= 11 is 8.20. The van der Waals surface area contributed by atoms with Crippen LogP contribution in [0, 0.1) is 16.3 Å². The molecule has 19 heavy (non-hydrogen) atoms. The smallest absolute Gasteiger partial charge is 0.128 e. The molecule has 0 saturated heterocycles. The van der Waals surface area contributed by atoms with E-state index >= 15 is 0 Å². The van der Waals surface area contributed by atoms with Gasteiger partial charge >= 0.3 is 0 Å². The molecule has 0 bridgehead atoms. The van der Waals surface area contributed by atoms with Gasteiger partial charge in [-0.25, -0.2) is 9.82 Å². The van der Waals surface area contributed by atoms with Crippen LogP contribution in [0.3, 0.4) is 0 Å². The SMILES string of the molecule is Cc1ccc(F)c(C(NN)c2cc(Cl)ccc2I)c1. The number of hydrazine groups is 1. The Morgan fingerprint density at radius 1 is 1.21 bits per heavy atom. The summed E-state index contributed by atoms with van der Waals surface area (Å²) in [5.74, 6) is 5.32. The highest BCUT2D eigenvalue weighted by atomic mass is 127. The number of hydrogen-bond donors (Lipinski definition) is 2. The van der Waals surface area contributed by atoms with E-state index in [9.17, 15) is 4.39 Å². The molecule has 5 heteroatoms. The predicted molar refractivity (Wildman–Crippen MR) is 84.5 cm³/mol. The molecular weight excluding hydrogens is 378 g/mol. The molecule has 0 radical (unpaired) electrons. The molecule has 0 aliphatic carbocycles. The van der Waals surface area contributed by atoms with Crippen LogP contribution in [-0.4, -0.2) is 0 Å². The van der Waals surface area contributed by atoms with E-state index in [1.54, 1.807) is 24.3 Å². The Bertz CT molecular complexity index is 552. The van der Waals surface area contributed by atoms with E-state index in [2.05, 4.69) is 28.0 Å². The van der Waals surface area contributed by atoms with Crippen LogP contribution in [0.15, 0.2) is 36.4 Å². The Labute approximate surface area is 130 Å². The molecule has 100 valence electrons. The van der Waals surface area contributed by atoms with Crippen molar-refractivity contribution in [3.05, 3.63) is 67.5 Å². The van der Waals surface area contributed by atoms with Crippen LogP contribution >= 0.6 is 34.2 Å². The van der Waals surface area contributed by atoms with Gasteiger partial charge in [-0.1, -0.05) is 29.3 Å². The van der Waals surface area contributed by atoms with Crippen molar-refractivity contribution in [3.63, 3.8) is 0 Å². The van der Waals surface area contributed by atoms with Gasteiger partial charge in [0.1, 0.15) is 5.82 Å². The Morgan fingerprint density at radius 3 is 2.63 bits per heavy atom. The fourth-order valence-corrected chi connectivity index (χ4v) is 2.79. The summed E-state index contributed by atoms with van der Waals surface area (Å²) in [7, 11) is 0. The zero-order chi connectivity index (χ0) is 14.0. The van der Waals surface area contributed by atoms with Crippen molar-refractivity contribution in [1.29, 1.82) is 0 Å². The number of halogens is 3. The first-order valence-electron chi connectivity index (χ1n) is 5.70. The maximum atomic E-state index is 14.0. The number of hydrogen-bond acceptors (Lipinski definition) is 2. The van der Waals surface area contributed by atoms with Gasteiger partial charge in [0.25, 0.3) is 0 Å². The highest BCUT2D eigenvalue weighted by Gasteiger charge is 2.19. The molecule has 0 spiro atoms. The molecule has 2 aromatic carbocycles. The fourth-order valence-electron chi connectivity index (χ4n) is 1.97. The minimum absolute atomic E-state index is 0.288. The average molecular weight is 391 g/mol. The van der Waals surface area contributed by atoms with E-state index in [1.165, 1.54) is 6.07 Å². The summed E-state index contributed by atoms with van der Waals surface area (Å²) in [5.41, 5.74) is 5.03. The van der Waals surface area contributed by atoms with Crippen molar-refractivity contribution >= 4 is 34.2 Å². The fraction of sp³-hybridized carbons (Fsp3) is 0.143. The van der Waals surface area contributed by atoms with Crippen molar-refractivity contribution in [2.75, 3.05) is 0 Å². The van der Waals surface area contributed by atoms with Crippen molar-refractivity contribution in [1.82, 2.24) is 5.43 Å². The maximum absolute atomic E-state index is 14.0. The third-order valence-corrected chi connectivity index (χ3v) is 4.12. The van der Waals surface area contributed by atoms with Crippen molar-refractivity contribution < 1.29 is 4.39 Å². The lowest BCUT2D eigenvalue weighted by Crippen LogP contribution is -2.30. The van der Waals surface area contributed by atoms with Crippen molar-refractivity contribution in [2.24, 2.45) is 5.84 Å². The molecule has 0 amide bonds. The van der Waals surface area contributed by atoms with Gasteiger partial charge in [-0.3, -0.25) is 5.84 Å². The maximum Gasteiger partial charge on any atom is 0.128 e. The van der Waals surface area contributed by atoms with Crippen LogP contribution in [0.4, 0.5) is 4.39 Å². The van der Waals surface area contributed by atoms with E-state index < -0.39 is 6.04 Å². The van der Waals surface area contributed by atoms with Gasteiger partial charge in [0.15, 0.2) is 0 Å². The number of nitrogens with two attached hydrogens (primary N) is 1. The van der Waals surface area contributed by atoms with E-state index in [1.807, 2.05) is 13.0 Å². The quantitative estimate of drug-likeness (QED) is 0.473. The zero-order valence-electron chi connectivity index (χ0n) is 10.3. The van der Waals surface area contributed by atoms with Gasteiger partial charge in [-0.15, -0.1) is 0 Å². The second-order valence-corrected chi connectivity index (χ2v) is 5.89. The summed E-state index contributed by atoms with van der Waals surface area (Å²) in [4.78, 5) is 0. The van der Waals surface area contributed by atoms with E-state index in [4.69, 9.17) is 17.4 Å². The minimum Gasteiger partial charge on any atom is -0.271 e. The van der Waals surface area contributed by atoms with Crippen LogP contribution in [0.2, 0.25) is 5.02 Å². The summed E-state index contributed by atoms with van der Waals surface area (Å²) in [6.45, 7) is 1.92. The molecule has 3 N–H and O–H groups in total. The zero-order valence-corrected chi connectivity index (χ0v) is 13.2. The molecule has 0 fully saturated rings. The molecule has 1 atom stereocenters. The van der Waals surface area contributed by atoms with Gasteiger partial charge in [0.05, 0.1) is 6.04 Å². The Morgan fingerprint density at radius 2 is 1.95 bits per heavy atom. The van der Waals surface area contributed by atoms with Gasteiger partial charge in [-0.2, -0.15) is 0 Å². The standard InChI is InChI=1S/C14H13ClFIN2/c1-8-2-4-12(16)10(6-8)14(19-18)11-7-9(15)3-5-13(11)17/h2-7,14,19H,18H2,1H3. The second kappa shape index (κ2) is 6.17. The van der Waals surface area contributed by atoms with E-state index in [0.717, 1.165) is 14.7 Å². The summed E-state index contributed by atoms with van der Waals surface area (Å²) in [6.07, 6.45) is 0. The first-order valence-corrected chi connectivity index (χ1v) is 7.15. The molecule has 0 aliphatic heterocycles. The summed E-state index contributed by atoms with van der Waals surface area (Å²) in [6, 6.07) is 10.0. The largest absolute Gasteiger partial charge is 0.271 e. The highest BCUT2D eigenvalue weighted by molar-refractivity contribution is 14.1. The third kappa shape index (κ3) is 3.25. The lowest BCUT2D eigenvalue weighted by molar-refractivity contribution is 0.558. The summed E-state index contributed by atoms with van der Waals surface area (Å²) in [5, 5.41) is 0.601. The molecule has 0 aromatic heterocycles. The first-order chi connectivity index (χ1) is 9.02. The molecule has 2 aromatic rings. The van der Waals surface area contributed by atoms with Gasteiger partial charge < -0.3 is 0 Å². The van der Waals surface area contributed by atoms with Crippen molar-refractivity contribution in [3.8, 4) is 0 Å². The monoisotopic (exact) mass is 390 g/mol. The minimum atomic E-state index is -0.425. The molecule has 0 saturated carbocycles. The van der Waals surface area contributed by atoms with E-state index in [-0.39, 0.29) is 5.82 Å². The van der Waals surface area contributed by atoms with Gasteiger partial charge in [0.2, 0.25) is 0 Å². The lowest BCUT2D eigenvalue weighted by Gasteiger charge is -2.19. The normalized spacial score (nSPS) is 12.5. The lowest BCUT2D eigenvalue weighted by atomic mass is 9.97. The average Bonchev–Trinajstić information content (AvgIpc) is 2.38. The van der Waals surface area contributed by atoms with Gasteiger partial charge in [-0.05, 0) is 59.3 Å². The Kier molecular flexibility index (Phi) is 4.78. The van der Waals surface area contributed by atoms with Gasteiger partial charge in [0, 0.05) is 14.2 Å². The van der Waals surface area contributed by atoms with Crippen LogP contribution in [0.5, 0.6) is 0 Å². The highest BCUT2D eigenvalue weighted by Crippen LogP contribution is 2.30. The molecular formula is C14H13ClFIN2. The summed E-state index contributed by atoms with van der Waals surface area (Å²) < 4.78 is 15.0. The van der Waals surface area contributed by atoms with Crippen LogP contribution in [0.1, 0.15) is 22.7 Å². The number of aryl methyl sites for hydroxylation is 1. The van der Waals surface area contributed by atoms with Crippen LogP contribution in [-0.2, 0) is 0 Å². The molecule has 2 nitrogen and oxygen atoms in total. The second-order valence-electron chi connectivity index (χ2n) is 4.29. The van der Waals surface area contributed by atoms with Crippen LogP contribution < -0.4 is 11.3 Å². The third-order valence-electron chi connectivity index (χ3n) is 2.90. The molecule has 0 heterocycles. The number of benzene rings is 2. The molecule has 1 unspecified atom stereocenters. The molecule has 2 rings (SSSR count). The van der Waals surface area contributed by atoms with Crippen molar-refractivity contribution in [2.45, 2.75) is 13.0 Å². The van der Waals surface area contributed by atoms with Crippen LogP contribution in [0.25, 0.3) is 0 Å². The topological polar surface area (TPSA) is 38.0 Å². The van der Waals surface area contributed by atoms with E-state index in [0.29, 0.717) is 10.6 Å². The Hall–Kier alpha value is -0.690. The predicted octanol–water partition coefficient (Wildman–Crippen LogP) is 3.94.